The second-order valence-electron chi connectivity index (χ2n) is 3.31. The van der Waals surface area contributed by atoms with E-state index in [0.717, 1.165) is 5.56 Å². The lowest BCUT2D eigenvalue weighted by atomic mass is 10.2. The molecule has 0 aliphatic carbocycles. The Labute approximate surface area is 97.0 Å². The number of thioether (sulfide) groups is 1. The lowest BCUT2D eigenvalue weighted by molar-refractivity contribution is -0.130. The first-order valence-corrected chi connectivity index (χ1v) is 5.78. The van der Waals surface area contributed by atoms with Gasteiger partial charge >= 0.3 is 6.03 Å². The predicted molar refractivity (Wildman–Crippen MR) is 61.2 cm³/mol. The Bertz CT molecular complexity index is 410. The fourth-order valence-electron chi connectivity index (χ4n) is 1.53. The first-order valence-electron chi connectivity index (χ1n) is 4.73. The van der Waals surface area contributed by atoms with Gasteiger partial charge in [0.05, 0.1) is 5.75 Å². The molecule has 2 rings (SSSR count). The van der Waals surface area contributed by atoms with Gasteiger partial charge in [-0.15, -0.1) is 11.8 Å². The van der Waals surface area contributed by atoms with Gasteiger partial charge in [0.15, 0.2) is 0 Å². The first-order chi connectivity index (χ1) is 7.68. The maximum atomic E-state index is 11.5. The second-order valence-corrected chi connectivity index (χ2v) is 4.38. The van der Waals surface area contributed by atoms with Crippen molar-refractivity contribution >= 4 is 23.7 Å². The highest BCUT2D eigenvalue weighted by atomic mass is 32.2. The molecule has 0 spiro atoms. The number of carbonyl (C=O) groups is 2. The van der Waals surface area contributed by atoms with Crippen LogP contribution in [0.25, 0.3) is 0 Å². The molecular weight excluding hydrogens is 226 g/mol. The molecule has 0 saturated carbocycles. The fourth-order valence-corrected chi connectivity index (χ4v) is 2.64. The number of nitrogens with zero attached hydrogens (tertiary/aromatic N) is 1. The summed E-state index contributed by atoms with van der Waals surface area (Å²) in [5.74, 6) is 0.206. The van der Waals surface area contributed by atoms with E-state index in [4.69, 9.17) is 5.73 Å². The fraction of sp³-hybridized carbons (Fsp3) is 0.200. The average molecular weight is 237 g/mol. The van der Waals surface area contributed by atoms with Crippen LogP contribution in [0.15, 0.2) is 30.3 Å². The number of nitrogens with one attached hydrogen (secondary N) is 1. The monoisotopic (exact) mass is 237 g/mol. The van der Waals surface area contributed by atoms with Crippen LogP contribution in [0.3, 0.4) is 0 Å². The van der Waals surface area contributed by atoms with Crippen LogP contribution >= 0.6 is 11.8 Å². The zero-order valence-electron chi connectivity index (χ0n) is 8.42. The van der Waals surface area contributed by atoms with E-state index in [-0.39, 0.29) is 11.3 Å². The maximum absolute atomic E-state index is 11.5. The Hall–Kier alpha value is -1.69. The number of hydrogen-bond donors (Lipinski definition) is 2. The Balaban J connectivity index is 2.21. The van der Waals surface area contributed by atoms with Crippen LogP contribution in [-0.4, -0.2) is 22.7 Å². The third-order valence-corrected chi connectivity index (χ3v) is 3.40. The Kier molecular flexibility index (Phi) is 3.00. The molecule has 1 atom stereocenters. The summed E-state index contributed by atoms with van der Waals surface area (Å²) in [5, 5.41) is 1.09. The van der Waals surface area contributed by atoms with Crippen LogP contribution < -0.4 is 11.2 Å². The smallest absolute Gasteiger partial charge is 0.331 e. The van der Waals surface area contributed by atoms with Crippen molar-refractivity contribution in [2.45, 2.75) is 5.37 Å². The second kappa shape index (κ2) is 4.44. The summed E-state index contributed by atoms with van der Waals surface area (Å²) in [6.07, 6.45) is 0. The van der Waals surface area contributed by atoms with E-state index in [1.807, 2.05) is 30.3 Å². The minimum absolute atomic E-state index is 0.141. The van der Waals surface area contributed by atoms with Crippen molar-refractivity contribution in [3.05, 3.63) is 35.9 Å². The standard InChI is InChI=1S/C10H11N3O2S/c11-10(15)12-13-8(14)6-16-9(13)7-4-2-1-3-5-7/h1-5,9H,6H2,(H3,11,12,15). The number of primary amides is 1. The predicted octanol–water partition coefficient (Wildman–Crippen LogP) is 0.844. The minimum Gasteiger partial charge on any atom is -0.350 e. The summed E-state index contributed by atoms with van der Waals surface area (Å²) in [7, 11) is 0. The van der Waals surface area contributed by atoms with E-state index >= 15 is 0 Å². The van der Waals surface area contributed by atoms with Gasteiger partial charge in [0.2, 0.25) is 0 Å². The van der Waals surface area contributed by atoms with Crippen molar-refractivity contribution in [3.8, 4) is 0 Å². The highest BCUT2D eigenvalue weighted by Gasteiger charge is 2.33. The third kappa shape index (κ3) is 2.11. The molecule has 1 aromatic rings. The molecule has 0 radical (unpaired) electrons. The number of carbonyl (C=O) groups excluding carboxylic acids is 2. The van der Waals surface area contributed by atoms with Gasteiger partial charge in [-0.05, 0) is 5.56 Å². The summed E-state index contributed by atoms with van der Waals surface area (Å²) in [5.41, 5.74) is 8.33. The molecule has 1 aliphatic rings. The maximum Gasteiger partial charge on any atom is 0.331 e. The number of urea groups is 1. The largest absolute Gasteiger partial charge is 0.350 e. The van der Waals surface area contributed by atoms with Gasteiger partial charge in [-0.25, -0.2) is 15.2 Å². The topological polar surface area (TPSA) is 75.4 Å². The van der Waals surface area contributed by atoms with Crippen molar-refractivity contribution < 1.29 is 9.59 Å². The summed E-state index contributed by atoms with van der Waals surface area (Å²) in [6, 6.07) is 8.77. The average Bonchev–Trinajstić information content (AvgIpc) is 2.61. The van der Waals surface area contributed by atoms with Gasteiger partial charge in [-0.3, -0.25) is 4.79 Å². The third-order valence-electron chi connectivity index (χ3n) is 2.18. The molecule has 1 heterocycles. The molecule has 16 heavy (non-hydrogen) atoms. The number of rotatable bonds is 2. The van der Waals surface area contributed by atoms with Gasteiger partial charge < -0.3 is 5.73 Å². The lowest BCUT2D eigenvalue weighted by Crippen LogP contribution is -2.46. The Morgan fingerprint density at radius 2 is 2.12 bits per heavy atom. The molecule has 6 heteroatoms. The van der Waals surface area contributed by atoms with E-state index in [0.29, 0.717) is 5.75 Å². The summed E-state index contributed by atoms with van der Waals surface area (Å²) < 4.78 is 0. The zero-order valence-corrected chi connectivity index (χ0v) is 9.24. The summed E-state index contributed by atoms with van der Waals surface area (Å²) in [6.45, 7) is 0. The summed E-state index contributed by atoms with van der Waals surface area (Å²) >= 11 is 1.46. The molecule has 3 N–H and O–H groups in total. The van der Waals surface area contributed by atoms with Crippen LogP contribution in [0.2, 0.25) is 0 Å². The number of benzene rings is 1. The van der Waals surface area contributed by atoms with E-state index < -0.39 is 6.03 Å². The van der Waals surface area contributed by atoms with E-state index in [1.54, 1.807) is 0 Å². The molecule has 1 saturated heterocycles. The van der Waals surface area contributed by atoms with Crippen LogP contribution in [0.5, 0.6) is 0 Å². The van der Waals surface area contributed by atoms with Crippen molar-refractivity contribution in [1.82, 2.24) is 10.4 Å². The number of amides is 3. The van der Waals surface area contributed by atoms with Crippen LogP contribution in [-0.2, 0) is 4.79 Å². The number of hydrazine groups is 1. The van der Waals surface area contributed by atoms with E-state index in [9.17, 15) is 9.59 Å². The molecule has 1 fully saturated rings. The van der Waals surface area contributed by atoms with E-state index in [1.165, 1.54) is 16.8 Å². The summed E-state index contributed by atoms with van der Waals surface area (Å²) in [4.78, 5) is 22.3. The first kappa shape index (κ1) is 10.8. The van der Waals surface area contributed by atoms with E-state index in [2.05, 4.69) is 5.43 Å². The van der Waals surface area contributed by atoms with Gasteiger partial charge in [0.1, 0.15) is 5.37 Å². The van der Waals surface area contributed by atoms with Crippen molar-refractivity contribution in [2.24, 2.45) is 5.73 Å². The van der Waals surface area contributed by atoms with Crippen molar-refractivity contribution in [3.63, 3.8) is 0 Å². The normalized spacial score (nSPS) is 19.9. The zero-order chi connectivity index (χ0) is 11.5. The van der Waals surface area contributed by atoms with Gasteiger partial charge in [0, 0.05) is 0 Å². The highest BCUT2D eigenvalue weighted by Crippen LogP contribution is 2.36. The van der Waals surface area contributed by atoms with Crippen LogP contribution in [0, 0.1) is 0 Å². The quantitative estimate of drug-likeness (QED) is 0.800. The number of hydrogen-bond acceptors (Lipinski definition) is 3. The molecule has 0 aromatic heterocycles. The molecule has 3 amide bonds. The molecule has 1 unspecified atom stereocenters. The van der Waals surface area contributed by atoms with Gasteiger partial charge in [-0.1, -0.05) is 30.3 Å². The molecule has 84 valence electrons. The molecule has 5 nitrogen and oxygen atoms in total. The minimum atomic E-state index is -0.725. The Morgan fingerprint density at radius 3 is 2.75 bits per heavy atom. The molecule has 0 bridgehead atoms. The number of nitrogens with two attached hydrogens (primary N) is 1. The SMILES string of the molecule is NC(=O)NN1C(=O)CSC1c1ccccc1. The van der Waals surface area contributed by atoms with Crippen LogP contribution in [0.1, 0.15) is 10.9 Å². The Morgan fingerprint density at radius 1 is 1.44 bits per heavy atom. The molecular formula is C10H11N3O2S. The van der Waals surface area contributed by atoms with Crippen molar-refractivity contribution in [2.75, 3.05) is 5.75 Å². The molecule has 1 aromatic carbocycles. The lowest BCUT2D eigenvalue weighted by Gasteiger charge is -2.23. The highest BCUT2D eigenvalue weighted by molar-refractivity contribution is 8.00. The van der Waals surface area contributed by atoms with Gasteiger partial charge in [-0.2, -0.15) is 0 Å². The molecule has 1 aliphatic heterocycles. The van der Waals surface area contributed by atoms with Crippen LogP contribution in [0.4, 0.5) is 4.79 Å². The van der Waals surface area contributed by atoms with Gasteiger partial charge in [0.25, 0.3) is 5.91 Å². The van der Waals surface area contributed by atoms with Crippen molar-refractivity contribution in [1.29, 1.82) is 0 Å².